The molecule has 1 aliphatic rings. The third-order valence-electron chi connectivity index (χ3n) is 4.86. The second kappa shape index (κ2) is 6.27. The summed E-state index contributed by atoms with van der Waals surface area (Å²) >= 11 is 0. The lowest BCUT2D eigenvalue weighted by molar-refractivity contribution is 0.163. The maximum Gasteiger partial charge on any atom is 0.0644 e. The first-order chi connectivity index (χ1) is 9.43. The van der Waals surface area contributed by atoms with Crippen molar-refractivity contribution in [3.8, 4) is 0 Å². The summed E-state index contributed by atoms with van der Waals surface area (Å²) < 4.78 is 2.11. The van der Waals surface area contributed by atoms with Crippen LogP contribution in [-0.4, -0.2) is 40.4 Å². The van der Waals surface area contributed by atoms with E-state index >= 15 is 0 Å². The molecule has 0 amide bonds. The van der Waals surface area contributed by atoms with Crippen molar-refractivity contribution >= 4 is 0 Å². The number of nitrogens with one attached hydrogen (secondary N) is 1. The van der Waals surface area contributed by atoms with Gasteiger partial charge in [0.1, 0.15) is 0 Å². The molecule has 0 aliphatic carbocycles. The smallest absolute Gasteiger partial charge is 0.0644 e. The summed E-state index contributed by atoms with van der Waals surface area (Å²) in [4.78, 5) is 2.45. The maximum absolute atomic E-state index is 4.64. The molecule has 2 rings (SSSR count). The van der Waals surface area contributed by atoms with Crippen LogP contribution in [0.15, 0.2) is 0 Å². The van der Waals surface area contributed by atoms with E-state index in [4.69, 9.17) is 0 Å². The Morgan fingerprint density at radius 1 is 1.40 bits per heavy atom. The molecular formula is C16H30N4. The molecule has 20 heavy (non-hydrogen) atoms. The molecule has 114 valence electrons. The summed E-state index contributed by atoms with van der Waals surface area (Å²) in [5.41, 5.74) is 3.87. The molecule has 4 nitrogen and oxygen atoms in total. The molecule has 4 heteroatoms. The lowest BCUT2D eigenvalue weighted by atomic mass is 9.96. The van der Waals surface area contributed by atoms with Gasteiger partial charge < -0.3 is 10.2 Å². The quantitative estimate of drug-likeness (QED) is 0.919. The fourth-order valence-corrected chi connectivity index (χ4v) is 3.52. The second-order valence-electron chi connectivity index (χ2n) is 6.34. The minimum Gasteiger partial charge on any atom is -0.307 e. The van der Waals surface area contributed by atoms with Gasteiger partial charge in [0.15, 0.2) is 0 Å². The summed E-state index contributed by atoms with van der Waals surface area (Å²) in [6, 6.07) is 1.69. The van der Waals surface area contributed by atoms with E-state index in [-0.39, 0.29) is 0 Å². The van der Waals surface area contributed by atoms with Crippen molar-refractivity contribution in [2.45, 2.75) is 72.1 Å². The molecular weight excluding hydrogens is 248 g/mol. The lowest BCUT2D eigenvalue weighted by Gasteiger charge is -2.36. The van der Waals surface area contributed by atoms with Crippen LogP contribution in [0.4, 0.5) is 0 Å². The van der Waals surface area contributed by atoms with Crippen LogP contribution in [0, 0.1) is 13.8 Å². The van der Waals surface area contributed by atoms with Crippen LogP contribution in [-0.2, 0) is 6.54 Å². The Kier molecular flexibility index (Phi) is 4.86. The average Bonchev–Trinajstić information content (AvgIpc) is 2.68. The van der Waals surface area contributed by atoms with Gasteiger partial charge in [0.25, 0.3) is 0 Å². The van der Waals surface area contributed by atoms with E-state index in [0.717, 1.165) is 6.54 Å². The number of aryl methyl sites for hydroxylation is 2. The molecule has 0 aromatic carbocycles. The second-order valence-corrected chi connectivity index (χ2v) is 6.34. The fourth-order valence-electron chi connectivity index (χ4n) is 3.52. The number of likely N-dealkylation sites (tertiary alicyclic amines) is 1. The van der Waals surface area contributed by atoms with Crippen molar-refractivity contribution in [1.29, 1.82) is 0 Å². The zero-order valence-corrected chi connectivity index (χ0v) is 13.9. The molecule has 1 aromatic rings. The monoisotopic (exact) mass is 278 g/mol. The molecule has 0 saturated carbocycles. The number of nitrogens with zero attached hydrogens (tertiary/aromatic N) is 3. The van der Waals surface area contributed by atoms with Crippen LogP contribution in [0.25, 0.3) is 0 Å². The van der Waals surface area contributed by atoms with Crippen LogP contribution in [0.5, 0.6) is 0 Å². The highest BCUT2D eigenvalue weighted by atomic mass is 15.3. The maximum atomic E-state index is 4.64. The molecule has 1 aromatic heterocycles. The van der Waals surface area contributed by atoms with Gasteiger partial charge in [-0.05, 0) is 61.1 Å². The van der Waals surface area contributed by atoms with Gasteiger partial charge in [0.2, 0.25) is 0 Å². The van der Waals surface area contributed by atoms with Crippen LogP contribution in [0.2, 0.25) is 0 Å². The van der Waals surface area contributed by atoms with Crippen molar-refractivity contribution in [1.82, 2.24) is 20.0 Å². The summed E-state index contributed by atoms with van der Waals surface area (Å²) in [6.07, 6.45) is 2.48. The van der Waals surface area contributed by atoms with E-state index in [9.17, 15) is 0 Å². The first-order valence-electron chi connectivity index (χ1n) is 7.94. The summed E-state index contributed by atoms with van der Waals surface area (Å²) in [5.74, 6) is 0. The predicted molar refractivity (Wildman–Crippen MR) is 84.0 cm³/mol. The van der Waals surface area contributed by atoms with Gasteiger partial charge in [-0.25, -0.2) is 0 Å². The minimum atomic E-state index is 0.385. The highest BCUT2D eigenvalue weighted by molar-refractivity contribution is 5.28. The van der Waals surface area contributed by atoms with Crippen molar-refractivity contribution in [3.05, 3.63) is 17.0 Å². The van der Waals surface area contributed by atoms with Crippen LogP contribution < -0.4 is 5.32 Å². The lowest BCUT2D eigenvalue weighted by Crippen LogP contribution is -2.46. The van der Waals surface area contributed by atoms with Gasteiger partial charge in [-0.3, -0.25) is 4.68 Å². The van der Waals surface area contributed by atoms with E-state index in [1.54, 1.807) is 0 Å². The number of rotatable bonds is 4. The SMILES string of the molecule is CCn1nc(C)c(C(C)NC2CCN(C)C(C)C2)c1C. The number of hydrogen-bond donors (Lipinski definition) is 1. The van der Waals surface area contributed by atoms with Crippen LogP contribution in [0.3, 0.4) is 0 Å². The average molecular weight is 278 g/mol. The zero-order valence-electron chi connectivity index (χ0n) is 13.9. The topological polar surface area (TPSA) is 33.1 Å². The first kappa shape index (κ1) is 15.5. The Morgan fingerprint density at radius 3 is 2.65 bits per heavy atom. The normalized spacial score (nSPS) is 25.9. The number of hydrogen-bond acceptors (Lipinski definition) is 3. The molecule has 2 heterocycles. The third-order valence-corrected chi connectivity index (χ3v) is 4.86. The van der Waals surface area contributed by atoms with Gasteiger partial charge >= 0.3 is 0 Å². The van der Waals surface area contributed by atoms with Gasteiger partial charge in [-0.15, -0.1) is 0 Å². The van der Waals surface area contributed by atoms with Crippen LogP contribution in [0.1, 0.15) is 56.6 Å². The fraction of sp³-hybridized carbons (Fsp3) is 0.812. The standard InChI is InChI=1S/C16H30N4/c1-7-20-14(5)16(13(4)18-20)12(3)17-15-8-9-19(6)11(2)10-15/h11-12,15,17H,7-10H2,1-6H3. The molecule has 0 spiro atoms. The molecule has 3 atom stereocenters. The Hall–Kier alpha value is -0.870. The predicted octanol–water partition coefficient (Wildman–Crippen LogP) is 2.65. The molecule has 1 fully saturated rings. The molecule has 0 bridgehead atoms. The van der Waals surface area contributed by atoms with Crippen molar-refractivity contribution in [3.63, 3.8) is 0 Å². The van der Waals surface area contributed by atoms with E-state index in [1.807, 2.05) is 0 Å². The Morgan fingerprint density at radius 2 is 2.10 bits per heavy atom. The number of piperidine rings is 1. The number of aromatic nitrogens is 2. The molecule has 1 N–H and O–H groups in total. The van der Waals surface area contributed by atoms with Crippen LogP contribution >= 0.6 is 0 Å². The van der Waals surface area contributed by atoms with E-state index in [2.05, 4.69) is 61.7 Å². The Balaban J connectivity index is 2.05. The highest BCUT2D eigenvalue weighted by Crippen LogP contribution is 2.24. The molecule has 1 saturated heterocycles. The third kappa shape index (κ3) is 3.07. The van der Waals surface area contributed by atoms with Crippen molar-refractivity contribution < 1.29 is 0 Å². The highest BCUT2D eigenvalue weighted by Gasteiger charge is 2.25. The Bertz CT molecular complexity index is 452. The summed E-state index contributed by atoms with van der Waals surface area (Å²) in [6.45, 7) is 13.2. The Labute approximate surface area is 123 Å². The zero-order chi connectivity index (χ0) is 14.9. The van der Waals surface area contributed by atoms with Gasteiger partial charge in [0, 0.05) is 35.9 Å². The summed E-state index contributed by atoms with van der Waals surface area (Å²) in [5, 5.41) is 8.46. The van der Waals surface area contributed by atoms with E-state index < -0.39 is 0 Å². The van der Waals surface area contributed by atoms with E-state index in [1.165, 1.54) is 36.3 Å². The largest absolute Gasteiger partial charge is 0.307 e. The van der Waals surface area contributed by atoms with Gasteiger partial charge in [-0.1, -0.05) is 0 Å². The van der Waals surface area contributed by atoms with Gasteiger partial charge in [0.05, 0.1) is 5.69 Å². The minimum absolute atomic E-state index is 0.385. The van der Waals surface area contributed by atoms with Gasteiger partial charge in [-0.2, -0.15) is 5.10 Å². The van der Waals surface area contributed by atoms with Crippen molar-refractivity contribution in [2.75, 3.05) is 13.6 Å². The first-order valence-corrected chi connectivity index (χ1v) is 7.94. The molecule has 0 radical (unpaired) electrons. The molecule has 3 unspecified atom stereocenters. The van der Waals surface area contributed by atoms with E-state index in [0.29, 0.717) is 18.1 Å². The summed E-state index contributed by atoms with van der Waals surface area (Å²) in [7, 11) is 2.23. The molecule has 1 aliphatic heterocycles. The van der Waals surface area contributed by atoms with Crippen molar-refractivity contribution in [2.24, 2.45) is 0 Å².